The molecule has 0 heterocycles. The molecule has 0 bridgehead atoms. The first-order chi connectivity index (χ1) is 4.16. The van der Waals surface area contributed by atoms with Crippen LogP contribution in [0.5, 0.6) is 0 Å². The summed E-state index contributed by atoms with van der Waals surface area (Å²) in [5.74, 6) is 1.52. The van der Waals surface area contributed by atoms with Crippen molar-refractivity contribution in [1.82, 2.24) is 0 Å². The predicted octanol–water partition coefficient (Wildman–Crippen LogP) is 2.32. The molecule has 0 saturated heterocycles. The average Bonchev–Trinajstić information content (AvgIpc) is 1.63. The molecule has 0 aromatic heterocycles. The van der Waals surface area contributed by atoms with Crippen molar-refractivity contribution in [3.8, 4) is 0 Å². The van der Waals surface area contributed by atoms with Crippen LogP contribution in [0.15, 0.2) is 0 Å². The Morgan fingerprint density at radius 3 is 2.11 bits per heavy atom. The van der Waals surface area contributed by atoms with Gasteiger partial charge in [0.05, 0.1) is 0 Å². The van der Waals surface area contributed by atoms with Gasteiger partial charge in [0.1, 0.15) is 0 Å². The summed E-state index contributed by atoms with van der Waals surface area (Å²) in [6.45, 7) is 7.61. The SMILES string of the molecule is COCC(C)CC(C)C. The van der Waals surface area contributed by atoms with Gasteiger partial charge in [0.2, 0.25) is 0 Å². The van der Waals surface area contributed by atoms with Crippen LogP contribution >= 0.6 is 0 Å². The lowest BCUT2D eigenvalue weighted by molar-refractivity contribution is 0.149. The van der Waals surface area contributed by atoms with Crippen molar-refractivity contribution in [3.05, 3.63) is 0 Å². The largest absolute Gasteiger partial charge is 0.384 e. The number of hydrogen-bond donors (Lipinski definition) is 0. The predicted molar refractivity (Wildman–Crippen MR) is 40.5 cm³/mol. The lowest BCUT2D eigenvalue weighted by Crippen LogP contribution is -2.06. The Balaban J connectivity index is 3.15. The van der Waals surface area contributed by atoms with E-state index >= 15 is 0 Å². The van der Waals surface area contributed by atoms with E-state index in [1.54, 1.807) is 7.11 Å². The van der Waals surface area contributed by atoms with E-state index < -0.39 is 0 Å². The van der Waals surface area contributed by atoms with Crippen LogP contribution < -0.4 is 0 Å². The number of methoxy groups -OCH3 is 1. The minimum Gasteiger partial charge on any atom is -0.384 e. The zero-order valence-corrected chi connectivity index (χ0v) is 6.98. The lowest BCUT2D eigenvalue weighted by Gasteiger charge is -2.11. The van der Waals surface area contributed by atoms with Crippen LogP contribution in [0.3, 0.4) is 0 Å². The van der Waals surface area contributed by atoms with E-state index in [9.17, 15) is 0 Å². The maximum Gasteiger partial charge on any atom is 0.0487 e. The van der Waals surface area contributed by atoms with Gasteiger partial charge in [-0.3, -0.25) is 0 Å². The number of ether oxygens (including phenoxy) is 1. The van der Waals surface area contributed by atoms with Crippen molar-refractivity contribution in [2.24, 2.45) is 11.8 Å². The van der Waals surface area contributed by atoms with Gasteiger partial charge in [0.15, 0.2) is 0 Å². The van der Waals surface area contributed by atoms with Crippen LogP contribution in [0.4, 0.5) is 0 Å². The van der Waals surface area contributed by atoms with E-state index in [1.807, 2.05) is 0 Å². The third-order valence-electron chi connectivity index (χ3n) is 1.32. The first-order valence-corrected chi connectivity index (χ1v) is 3.65. The normalized spacial score (nSPS) is 14.3. The molecule has 0 rings (SSSR count). The van der Waals surface area contributed by atoms with Gasteiger partial charge in [0.25, 0.3) is 0 Å². The Morgan fingerprint density at radius 1 is 1.22 bits per heavy atom. The van der Waals surface area contributed by atoms with Crippen molar-refractivity contribution in [1.29, 1.82) is 0 Å². The van der Waals surface area contributed by atoms with Gasteiger partial charge >= 0.3 is 0 Å². The van der Waals surface area contributed by atoms with Gasteiger partial charge in [-0.25, -0.2) is 0 Å². The van der Waals surface area contributed by atoms with Gasteiger partial charge in [-0.05, 0) is 18.3 Å². The molecule has 0 fully saturated rings. The molecule has 9 heavy (non-hydrogen) atoms. The number of rotatable bonds is 4. The summed E-state index contributed by atoms with van der Waals surface area (Å²) in [7, 11) is 1.76. The fraction of sp³-hybridized carbons (Fsp3) is 1.00. The Hall–Kier alpha value is -0.0400. The Labute approximate surface area is 58.4 Å². The molecule has 1 unspecified atom stereocenters. The van der Waals surface area contributed by atoms with Crippen molar-refractivity contribution in [2.75, 3.05) is 13.7 Å². The molecule has 0 N–H and O–H groups in total. The third-order valence-corrected chi connectivity index (χ3v) is 1.32. The highest BCUT2D eigenvalue weighted by Gasteiger charge is 2.02. The highest BCUT2D eigenvalue weighted by atomic mass is 16.5. The van der Waals surface area contributed by atoms with E-state index in [4.69, 9.17) is 4.74 Å². The standard InChI is InChI=1S/C8H18O/c1-7(2)5-8(3)6-9-4/h7-8H,5-6H2,1-4H3. The molecule has 0 aliphatic carbocycles. The van der Waals surface area contributed by atoms with Crippen LogP contribution in [0.1, 0.15) is 27.2 Å². The summed E-state index contributed by atoms with van der Waals surface area (Å²) < 4.78 is 5.00. The molecular weight excluding hydrogens is 112 g/mol. The molecule has 0 aromatic rings. The maximum atomic E-state index is 5.00. The Bertz CT molecular complexity index is 59.6. The fourth-order valence-electron chi connectivity index (χ4n) is 1.16. The molecular formula is C8H18O. The van der Waals surface area contributed by atoms with Gasteiger partial charge in [-0.15, -0.1) is 0 Å². The maximum absolute atomic E-state index is 5.00. The zero-order valence-electron chi connectivity index (χ0n) is 6.98. The summed E-state index contributed by atoms with van der Waals surface area (Å²) >= 11 is 0. The minimum absolute atomic E-state index is 0.718. The minimum atomic E-state index is 0.718. The van der Waals surface area contributed by atoms with E-state index in [2.05, 4.69) is 20.8 Å². The summed E-state index contributed by atoms with van der Waals surface area (Å²) in [5, 5.41) is 0. The van der Waals surface area contributed by atoms with E-state index in [1.165, 1.54) is 6.42 Å². The van der Waals surface area contributed by atoms with Gasteiger partial charge in [-0.2, -0.15) is 0 Å². The molecule has 0 aliphatic rings. The van der Waals surface area contributed by atoms with Crippen LogP contribution in [-0.2, 0) is 4.74 Å². The zero-order chi connectivity index (χ0) is 7.28. The average molecular weight is 130 g/mol. The Morgan fingerprint density at radius 2 is 1.78 bits per heavy atom. The highest BCUT2D eigenvalue weighted by Crippen LogP contribution is 2.10. The molecule has 56 valence electrons. The number of hydrogen-bond acceptors (Lipinski definition) is 1. The van der Waals surface area contributed by atoms with Gasteiger partial charge in [-0.1, -0.05) is 20.8 Å². The van der Waals surface area contributed by atoms with E-state index in [0.29, 0.717) is 0 Å². The molecule has 1 heteroatoms. The molecule has 0 aliphatic heterocycles. The van der Waals surface area contributed by atoms with Crippen LogP contribution in [0.25, 0.3) is 0 Å². The fourth-order valence-corrected chi connectivity index (χ4v) is 1.16. The summed E-state index contributed by atoms with van der Waals surface area (Å²) in [6.07, 6.45) is 1.27. The van der Waals surface area contributed by atoms with Gasteiger partial charge < -0.3 is 4.74 Å². The second-order valence-electron chi connectivity index (χ2n) is 3.19. The molecule has 0 saturated carbocycles. The monoisotopic (exact) mass is 130 g/mol. The molecule has 0 aromatic carbocycles. The summed E-state index contributed by atoms with van der Waals surface area (Å²) in [4.78, 5) is 0. The Kier molecular flexibility index (Phi) is 4.78. The first kappa shape index (κ1) is 8.96. The molecule has 0 amide bonds. The quantitative estimate of drug-likeness (QED) is 0.567. The highest BCUT2D eigenvalue weighted by molar-refractivity contribution is 4.53. The van der Waals surface area contributed by atoms with Crippen molar-refractivity contribution in [3.63, 3.8) is 0 Å². The van der Waals surface area contributed by atoms with E-state index in [-0.39, 0.29) is 0 Å². The summed E-state index contributed by atoms with van der Waals surface area (Å²) in [6, 6.07) is 0. The van der Waals surface area contributed by atoms with Crippen molar-refractivity contribution < 1.29 is 4.74 Å². The van der Waals surface area contributed by atoms with Crippen LogP contribution in [0, 0.1) is 11.8 Å². The summed E-state index contributed by atoms with van der Waals surface area (Å²) in [5.41, 5.74) is 0. The topological polar surface area (TPSA) is 9.23 Å². The molecule has 0 spiro atoms. The smallest absolute Gasteiger partial charge is 0.0487 e. The van der Waals surface area contributed by atoms with Crippen LogP contribution in [0.2, 0.25) is 0 Å². The molecule has 1 nitrogen and oxygen atoms in total. The van der Waals surface area contributed by atoms with Gasteiger partial charge in [0, 0.05) is 13.7 Å². The second kappa shape index (κ2) is 4.80. The van der Waals surface area contributed by atoms with E-state index in [0.717, 1.165) is 18.4 Å². The lowest BCUT2D eigenvalue weighted by atomic mass is 10.00. The second-order valence-corrected chi connectivity index (χ2v) is 3.19. The van der Waals surface area contributed by atoms with Crippen molar-refractivity contribution in [2.45, 2.75) is 27.2 Å². The molecule has 0 radical (unpaired) electrons. The molecule has 1 atom stereocenters. The van der Waals surface area contributed by atoms with Crippen LogP contribution in [-0.4, -0.2) is 13.7 Å². The first-order valence-electron chi connectivity index (χ1n) is 3.65. The third kappa shape index (κ3) is 5.84. The van der Waals surface area contributed by atoms with Crippen molar-refractivity contribution >= 4 is 0 Å².